The quantitative estimate of drug-likeness (QED) is 0.627. The average Bonchev–Trinajstić information content (AvgIpc) is 3.25. The molecule has 1 heterocycles. The molecule has 0 radical (unpaired) electrons. The van der Waals surface area contributed by atoms with E-state index in [1.54, 1.807) is 24.3 Å². The third kappa shape index (κ3) is 4.51. The molecule has 3 aromatic carbocycles. The molecule has 1 N–H and O–H groups in total. The fraction of sp³-hybridized carbons (Fsp3) is 0.333. The summed E-state index contributed by atoms with van der Waals surface area (Å²) in [4.78, 5) is 2.43. The second-order valence-corrected chi connectivity index (χ2v) is 9.90. The van der Waals surface area contributed by atoms with Crippen LogP contribution in [0.1, 0.15) is 18.4 Å². The summed E-state index contributed by atoms with van der Waals surface area (Å²) < 4.78 is 28.6. The van der Waals surface area contributed by atoms with Crippen LogP contribution in [0.15, 0.2) is 71.6 Å². The summed E-state index contributed by atoms with van der Waals surface area (Å²) in [7, 11) is -3.83. The molecule has 1 saturated heterocycles. The Labute approximate surface area is 178 Å². The molecule has 1 aliphatic rings. The number of aliphatic hydroxyl groups excluding tert-OH is 1. The maximum Gasteiger partial charge on any atom is 0.264 e. The first-order chi connectivity index (χ1) is 14.4. The van der Waals surface area contributed by atoms with Crippen molar-refractivity contribution in [1.82, 2.24) is 4.90 Å². The van der Waals surface area contributed by atoms with Gasteiger partial charge in [-0.25, -0.2) is 8.42 Å². The van der Waals surface area contributed by atoms with E-state index in [-0.39, 0.29) is 11.4 Å². The van der Waals surface area contributed by atoms with Crippen LogP contribution >= 0.6 is 0 Å². The van der Waals surface area contributed by atoms with Crippen LogP contribution in [0.5, 0.6) is 0 Å². The molecule has 6 heteroatoms. The molecular weight excluding hydrogens is 396 g/mol. The molecule has 0 amide bonds. The molecule has 1 fully saturated rings. The van der Waals surface area contributed by atoms with E-state index in [9.17, 15) is 13.5 Å². The number of sulfonamides is 1. The van der Waals surface area contributed by atoms with Gasteiger partial charge in [-0.1, -0.05) is 48.0 Å². The number of hydrogen-bond donors (Lipinski definition) is 1. The largest absolute Gasteiger partial charge is 0.390 e. The Bertz CT molecular complexity index is 1110. The van der Waals surface area contributed by atoms with E-state index < -0.39 is 16.1 Å². The lowest BCUT2D eigenvalue weighted by atomic mass is 10.1. The first kappa shape index (κ1) is 20.8. The van der Waals surface area contributed by atoms with E-state index in [0.717, 1.165) is 42.3 Å². The van der Waals surface area contributed by atoms with Gasteiger partial charge < -0.3 is 10.0 Å². The third-order valence-electron chi connectivity index (χ3n) is 5.68. The summed E-state index contributed by atoms with van der Waals surface area (Å²) in [6.45, 7) is 4.39. The summed E-state index contributed by atoms with van der Waals surface area (Å²) in [5, 5.41) is 12.6. The summed E-state index contributed by atoms with van der Waals surface area (Å²) in [5.41, 5.74) is 1.62. The SMILES string of the molecule is Cc1ccc(N(C[C@@H](O)CN2CCCC2)S(=O)(=O)c2ccc3ccccc3c2)cc1. The van der Waals surface area contributed by atoms with Crippen LogP contribution in [0.25, 0.3) is 10.8 Å². The first-order valence-electron chi connectivity index (χ1n) is 10.4. The van der Waals surface area contributed by atoms with Gasteiger partial charge >= 0.3 is 0 Å². The Morgan fingerprint density at radius 3 is 2.33 bits per heavy atom. The highest BCUT2D eigenvalue weighted by Crippen LogP contribution is 2.27. The predicted octanol–water partition coefficient (Wildman–Crippen LogP) is 3.80. The first-order valence-corrected chi connectivity index (χ1v) is 11.9. The summed E-state index contributed by atoms with van der Waals surface area (Å²) in [5.74, 6) is 0. The van der Waals surface area contributed by atoms with Crippen LogP contribution in [-0.4, -0.2) is 50.7 Å². The smallest absolute Gasteiger partial charge is 0.264 e. The van der Waals surface area contributed by atoms with Gasteiger partial charge in [-0.05, 0) is 67.9 Å². The minimum absolute atomic E-state index is 0.0225. The van der Waals surface area contributed by atoms with Gasteiger partial charge in [-0.15, -0.1) is 0 Å². The van der Waals surface area contributed by atoms with E-state index in [0.29, 0.717) is 12.2 Å². The van der Waals surface area contributed by atoms with Gasteiger partial charge in [0.1, 0.15) is 0 Å². The lowest BCUT2D eigenvalue weighted by Gasteiger charge is -2.29. The van der Waals surface area contributed by atoms with Crippen molar-refractivity contribution in [2.45, 2.75) is 30.8 Å². The van der Waals surface area contributed by atoms with Gasteiger partial charge in [0, 0.05) is 6.54 Å². The number of likely N-dealkylation sites (tertiary alicyclic amines) is 1. The van der Waals surface area contributed by atoms with Crippen molar-refractivity contribution in [3.8, 4) is 0 Å². The lowest BCUT2D eigenvalue weighted by molar-refractivity contribution is 0.132. The van der Waals surface area contributed by atoms with Crippen molar-refractivity contribution in [2.24, 2.45) is 0 Å². The Balaban J connectivity index is 1.68. The molecule has 1 atom stereocenters. The molecule has 0 aromatic heterocycles. The minimum Gasteiger partial charge on any atom is -0.390 e. The van der Waals surface area contributed by atoms with Crippen LogP contribution in [0.2, 0.25) is 0 Å². The third-order valence-corrected chi connectivity index (χ3v) is 7.46. The van der Waals surface area contributed by atoms with Crippen LogP contribution in [0.4, 0.5) is 5.69 Å². The van der Waals surface area contributed by atoms with Crippen molar-refractivity contribution in [1.29, 1.82) is 0 Å². The molecule has 158 valence electrons. The number of rotatable bonds is 7. The minimum atomic E-state index is -3.83. The summed E-state index contributed by atoms with van der Waals surface area (Å²) in [6.07, 6.45) is 1.49. The Morgan fingerprint density at radius 1 is 0.967 bits per heavy atom. The van der Waals surface area contributed by atoms with Crippen LogP contribution in [0, 0.1) is 6.92 Å². The highest BCUT2D eigenvalue weighted by Gasteiger charge is 2.28. The van der Waals surface area contributed by atoms with Gasteiger partial charge in [0.05, 0.1) is 23.2 Å². The molecule has 0 unspecified atom stereocenters. The van der Waals surface area contributed by atoms with E-state index >= 15 is 0 Å². The number of anilines is 1. The van der Waals surface area contributed by atoms with Gasteiger partial charge in [0.25, 0.3) is 10.0 Å². The molecule has 0 bridgehead atoms. The Kier molecular flexibility index (Phi) is 6.09. The number of β-amino-alcohol motifs (C(OH)–C–C–N with tert-alkyl or cyclic N) is 1. The standard InChI is InChI=1S/C24H28N2O3S/c1-19-8-11-22(12-9-19)26(18-23(27)17-25-14-4-5-15-25)30(28,29)24-13-10-20-6-2-3-7-21(20)16-24/h2-3,6-13,16,23,27H,4-5,14-15,17-18H2,1H3/t23-/m0/s1. The van der Waals surface area contributed by atoms with E-state index in [2.05, 4.69) is 4.90 Å². The van der Waals surface area contributed by atoms with Gasteiger partial charge in [-0.2, -0.15) is 0 Å². The number of fused-ring (bicyclic) bond motifs is 1. The lowest BCUT2D eigenvalue weighted by Crippen LogP contribution is -2.42. The van der Waals surface area contributed by atoms with Gasteiger partial charge in [0.15, 0.2) is 0 Å². The Hall–Kier alpha value is -2.41. The molecule has 3 aromatic rings. The summed E-state index contributed by atoms with van der Waals surface area (Å²) >= 11 is 0. The molecule has 0 spiro atoms. The van der Waals surface area contributed by atoms with Crippen LogP contribution < -0.4 is 4.31 Å². The molecule has 4 rings (SSSR count). The van der Waals surface area contributed by atoms with Gasteiger partial charge in [0.2, 0.25) is 0 Å². The number of benzene rings is 3. The topological polar surface area (TPSA) is 60.9 Å². The molecule has 5 nitrogen and oxygen atoms in total. The average molecular weight is 425 g/mol. The van der Waals surface area contributed by atoms with Gasteiger partial charge in [-0.3, -0.25) is 4.31 Å². The highest BCUT2D eigenvalue weighted by atomic mass is 32.2. The van der Waals surface area contributed by atoms with Crippen molar-refractivity contribution in [3.05, 3.63) is 72.3 Å². The van der Waals surface area contributed by atoms with Crippen LogP contribution in [0.3, 0.4) is 0 Å². The van der Waals surface area contributed by atoms with E-state index in [4.69, 9.17) is 0 Å². The van der Waals surface area contributed by atoms with Crippen molar-refractivity contribution in [2.75, 3.05) is 30.5 Å². The second kappa shape index (κ2) is 8.76. The van der Waals surface area contributed by atoms with Crippen molar-refractivity contribution in [3.63, 3.8) is 0 Å². The number of aryl methyl sites for hydroxylation is 1. The van der Waals surface area contributed by atoms with Crippen LogP contribution in [-0.2, 0) is 10.0 Å². The highest BCUT2D eigenvalue weighted by molar-refractivity contribution is 7.92. The molecule has 1 aliphatic heterocycles. The fourth-order valence-electron chi connectivity index (χ4n) is 4.02. The van der Waals surface area contributed by atoms with Crippen molar-refractivity contribution >= 4 is 26.5 Å². The zero-order valence-corrected chi connectivity index (χ0v) is 18.1. The molecule has 30 heavy (non-hydrogen) atoms. The molecule has 0 aliphatic carbocycles. The maximum atomic E-state index is 13.6. The predicted molar refractivity (Wildman–Crippen MR) is 121 cm³/mol. The molecule has 0 saturated carbocycles. The number of aliphatic hydroxyl groups is 1. The number of hydrogen-bond acceptors (Lipinski definition) is 4. The van der Waals surface area contributed by atoms with E-state index in [1.807, 2.05) is 49.4 Å². The maximum absolute atomic E-state index is 13.6. The monoisotopic (exact) mass is 424 g/mol. The zero-order valence-electron chi connectivity index (χ0n) is 17.2. The fourth-order valence-corrected chi connectivity index (χ4v) is 5.56. The molecular formula is C24H28N2O3S. The second-order valence-electron chi connectivity index (χ2n) is 8.04. The Morgan fingerprint density at radius 2 is 1.63 bits per heavy atom. The van der Waals surface area contributed by atoms with Crippen molar-refractivity contribution < 1.29 is 13.5 Å². The summed E-state index contributed by atoms with van der Waals surface area (Å²) in [6, 6.07) is 20.3. The normalized spacial score (nSPS) is 16.1. The zero-order chi connectivity index (χ0) is 21.1. The number of nitrogens with zero attached hydrogens (tertiary/aromatic N) is 2. The van der Waals surface area contributed by atoms with E-state index in [1.165, 1.54) is 4.31 Å².